The van der Waals surface area contributed by atoms with Gasteiger partial charge in [-0.3, -0.25) is 4.57 Å². The van der Waals surface area contributed by atoms with Crippen LogP contribution in [0.2, 0.25) is 0 Å². The Balaban J connectivity index is 2.20. The highest BCUT2D eigenvalue weighted by atomic mass is 15.1. The molecule has 2 aromatic carbocycles. The molecule has 0 saturated heterocycles. The van der Waals surface area contributed by atoms with Gasteiger partial charge in [-0.15, -0.1) is 0 Å². The Kier molecular flexibility index (Phi) is 3.42. The van der Waals surface area contributed by atoms with E-state index >= 15 is 0 Å². The van der Waals surface area contributed by atoms with Crippen LogP contribution in [0.15, 0.2) is 78.0 Å². The first-order valence-electron chi connectivity index (χ1n) is 6.53. The maximum Gasteiger partial charge on any atom is 0.234 e. The van der Waals surface area contributed by atoms with Gasteiger partial charge in [-0.25, -0.2) is 9.98 Å². The summed E-state index contributed by atoms with van der Waals surface area (Å²) in [7, 11) is 0. The van der Waals surface area contributed by atoms with E-state index in [0.717, 1.165) is 16.9 Å². The molecular weight excluding hydrogens is 246 g/mol. The topological polar surface area (TPSA) is 30.2 Å². The van der Waals surface area contributed by atoms with Gasteiger partial charge in [0.05, 0.1) is 5.69 Å². The lowest BCUT2D eigenvalue weighted by Crippen LogP contribution is -2.22. The molecule has 98 valence electrons. The van der Waals surface area contributed by atoms with Gasteiger partial charge in [0.1, 0.15) is 0 Å². The standard InChI is InChI=1S/C17H15N3/c1-14-12-18-17(19-15-8-4-2-5-9-15)20(13-14)16-10-6-3-7-11-16/h2-13H,1H3. The predicted molar refractivity (Wildman–Crippen MR) is 80.0 cm³/mol. The number of aryl methyl sites for hydroxylation is 1. The van der Waals surface area contributed by atoms with E-state index in [-0.39, 0.29) is 0 Å². The zero-order valence-corrected chi connectivity index (χ0v) is 11.3. The van der Waals surface area contributed by atoms with Gasteiger partial charge in [-0.05, 0) is 36.8 Å². The second-order valence-electron chi connectivity index (χ2n) is 4.58. The number of aromatic nitrogens is 2. The minimum atomic E-state index is 0.674. The van der Waals surface area contributed by atoms with Crippen molar-refractivity contribution in [3.05, 3.63) is 84.2 Å². The summed E-state index contributed by atoms with van der Waals surface area (Å²) in [4.78, 5) is 9.06. The molecule has 0 atom stereocenters. The molecule has 0 aliphatic carbocycles. The zero-order chi connectivity index (χ0) is 13.8. The number of nitrogens with zero attached hydrogens (tertiary/aromatic N) is 3. The fraction of sp³-hybridized carbons (Fsp3) is 0.0588. The van der Waals surface area contributed by atoms with Crippen LogP contribution >= 0.6 is 0 Å². The van der Waals surface area contributed by atoms with Crippen LogP contribution in [-0.4, -0.2) is 9.55 Å². The maximum absolute atomic E-state index is 4.61. The average molecular weight is 261 g/mol. The summed E-state index contributed by atoms with van der Waals surface area (Å²) in [6.45, 7) is 2.03. The first-order chi connectivity index (χ1) is 9.83. The SMILES string of the molecule is Cc1cnc(=Nc2ccccc2)n(-c2ccccc2)c1. The summed E-state index contributed by atoms with van der Waals surface area (Å²) in [6.07, 6.45) is 3.88. The smallest absolute Gasteiger partial charge is 0.234 e. The normalized spacial score (nSPS) is 11.6. The van der Waals surface area contributed by atoms with Crippen molar-refractivity contribution < 1.29 is 0 Å². The highest BCUT2D eigenvalue weighted by Gasteiger charge is 1.99. The highest BCUT2D eigenvalue weighted by molar-refractivity contribution is 5.36. The quantitative estimate of drug-likeness (QED) is 0.695. The van der Waals surface area contributed by atoms with Gasteiger partial charge in [0.25, 0.3) is 0 Å². The molecule has 3 heteroatoms. The largest absolute Gasteiger partial charge is 0.286 e. The summed E-state index contributed by atoms with van der Waals surface area (Å²) in [5.74, 6) is 0. The van der Waals surface area contributed by atoms with E-state index in [4.69, 9.17) is 0 Å². The Labute approximate surface area is 117 Å². The zero-order valence-electron chi connectivity index (χ0n) is 11.3. The van der Waals surface area contributed by atoms with Crippen LogP contribution in [0.25, 0.3) is 5.69 Å². The molecule has 20 heavy (non-hydrogen) atoms. The molecule has 0 aliphatic heterocycles. The Morgan fingerprint density at radius 3 is 2.25 bits per heavy atom. The van der Waals surface area contributed by atoms with Crippen molar-refractivity contribution >= 4 is 5.69 Å². The molecule has 0 spiro atoms. The molecule has 0 amide bonds. The number of benzene rings is 2. The van der Waals surface area contributed by atoms with E-state index in [9.17, 15) is 0 Å². The van der Waals surface area contributed by atoms with E-state index in [2.05, 4.69) is 9.98 Å². The molecule has 1 aromatic heterocycles. The Bertz CT molecular complexity index is 759. The summed E-state index contributed by atoms with van der Waals surface area (Å²) >= 11 is 0. The number of para-hydroxylation sites is 2. The van der Waals surface area contributed by atoms with Gasteiger partial charge in [0.2, 0.25) is 5.62 Å². The summed E-state index contributed by atoms with van der Waals surface area (Å²) in [5, 5.41) is 0. The molecule has 0 saturated carbocycles. The fourth-order valence-electron chi connectivity index (χ4n) is 2.00. The third kappa shape index (κ3) is 2.67. The minimum absolute atomic E-state index is 0.674. The van der Waals surface area contributed by atoms with E-state index in [1.165, 1.54) is 0 Å². The van der Waals surface area contributed by atoms with Gasteiger partial charge in [0, 0.05) is 18.1 Å². The van der Waals surface area contributed by atoms with Crippen LogP contribution in [0.4, 0.5) is 5.69 Å². The number of hydrogen-bond acceptors (Lipinski definition) is 2. The summed E-state index contributed by atoms with van der Waals surface area (Å²) < 4.78 is 2.00. The van der Waals surface area contributed by atoms with Crippen molar-refractivity contribution in [2.45, 2.75) is 6.92 Å². The maximum atomic E-state index is 4.61. The van der Waals surface area contributed by atoms with Gasteiger partial charge in [0.15, 0.2) is 0 Å². The molecule has 0 radical (unpaired) electrons. The van der Waals surface area contributed by atoms with Gasteiger partial charge >= 0.3 is 0 Å². The molecular formula is C17H15N3. The second-order valence-corrected chi connectivity index (χ2v) is 4.58. The molecule has 3 nitrogen and oxygen atoms in total. The van der Waals surface area contributed by atoms with Gasteiger partial charge < -0.3 is 0 Å². The van der Waals surface area contributed by atoms with E-state index < -0.39 is 0 Å². The van der Waals surface area contributed by atoms with Crippen LogP contribution in [0.5, 0.6) is 0 Å². The number of rotatable bonds is 2. The molecule has 0 fully saturated rings. The van der Waals surface area contributed by atoms with Crippen LogP contribution < -0.4 is 5.62 Å². The Hall–Kier alpha value is -2.68. The average Bonchev–Trinajstić information content (AvgIpc) is 2.51. The molecule has 3 rings (SSSR count). The first kappa shape index (κ1) is 12.4. The lowest BCUT2D eigenvalue weighted by Gasteiger charge is -2.07. The fourth-order valence-corrected chi connectivity index (χ4v) is 2.00. The molecule has 0 N–H and O–H groups in total. The summed E-state index contributed by atoms with van der Waals surface area (Å²) in [6, 6.07) is 20.0. The summed E-state index contributed by atoms with van der Waals surface area (Å²) in [5.41, 5.74) is 3.72. The van der Waals surface area contributed by atoms with Crippen molar-refractivity contribution in [2.75, 3.05) is 0 Å². The lowest BCUT2D eigenvalue weighted by atomic mass is 10.3. The predicted octanol–water partition coefficient (Wildman–Crippen LogP) is 3.41. The van der Waals surface area contributed by atoms with Crippen molar-refractivity contribution in [1.29, 1.82) is 0 Å². The van der Waals surface area contributed by atoms with Crippen LogP contribution in [0, 0.1) is 6.92 Å². The Morgan fingerprint density at radius 2 is 1.55 bits per heavy atom. The third-order valence-electron chi connectivity index (χ3n) is 2.95. The van der Waals surface area contributed by atoms with E-state index in [1.807, 2.05) is 84.5 Å². The monoisotopic (exact) mass is 261 g/mol. The molecule has 0 bridgehead atoms. The van der Waals surface area contributed by atoms with Crippen molar-refractivity contribution in [2.24, 2.45) is 4.99 Å². The van der Waals surface area contributed by atoms with Crippen LogP contribution in [0.1, 0.15) is 5.56 Å². The minimum Gasteiger partial charge on any atom is -0.286 e. The van der Waals surface area contributed by atoms with Crippen molar-refractivity contribution in [3.8, 4) is 5.69 Å². The molecule has 1 heterocycles. The van der Waals surface area contributed by atoms with E-state index in [0.29, 0.717) is 5.62 Å². The second kappa shape index (κ2) is 5.53. The third-order valence-corrected chi connectivity index (χ3v) is 2.95. The van der Waals surface area contributed by atoms with Crippen molar-refractivity contribution in [1.82, 2.24) is 9.55 Å². The molecule has 3 aromatic rings. The van der Waals surface area contributed by atoms with Crippen LogP contribution in [0.3, 0.4) is 0 Å². The Morgan fingerprint density at radius 1 is 0.900 bits per heavy atom. The van der Waals surface area contributed by atoms with Gasteiger partial charge in [-0.1, -0.05) is 36.4 Å². The van der Waals surface area contributed by atoms with E-state index in [1.54, 1.807) is 0 Å². The molecule has 0 unspecified atom stereocenters. The first-order valence-corrected chi connectivity index (χ1v) is 6.53. The number of hydrogen-bond donors (Lipinski definition) is 0. The molecule has 0 aliphatic rings. The van der Waals surface area contributed by atoms with Crippen molar-refractivity contribution in [3.63, 3.8) is 0 Å². The highest BCUT2D eigenvalue weighted by Crippen LogP contribution is 2.09. The lowest BCUT2D eigenvalue weighted by molar-refractivity contribution is 0.863. The van der Waals surface area contributed by atoms with Gasteiger partial charge in [-0.2, -0.15) is 0 Å². The van der Waals surface area contributed by atoms with Crippen LogP contribution in [-0.2, 0) is 0 Å².